The Hall–Kier alpha value is -1.86. The Morgan fingerprint density at radius 3 is 2.67 bits per heavy atom. The van der Waals surface area contributed by atoms with E-state index in [0.717, 1.165) is 16.3 Å². The number of halogens is 2. The molecule has 1 aliphatic rings. The van der Waals surface area contributed by atoms with Gasteiger partial charge in [-0.15, -0.1) is 36.2 Å². The molecule has 3 heterocycles. The molecule has 144 valence electrons. The third-order valence-electron chi connectivity index (χ3n) is 4.71. The maximum atomic E-state index is 12.8. The molecule has 3 aromatic rings. The van der Waals surface area contributed by atoms with Gasteiger partial charge in [-0.05, 0) is 18.6 Å². The molecule has 1 saturated heterocycles. The molecule has 0 unspecified atom stereocenters. The highest BCUT2D eigenvalue weighted by molar-refractivity contribution is 7.09. The van der Waals surface area contributed by atoms with Crippen LogP contribution in [0.3, 0.4) is 0 Å². The summed E-state index contributed by atoms with van der Waals surface area (Å²) < 4.78 is 0. The van der Waals surface area contributed by atoms with Crippen molar-refractivity contribution in [2.45, 2.75) is 18.9 Å². The van der Waals surface area contributed by atoms with E-state index in [1.807, 2.05) is 47.7 Å². The molecule has 0 saturated carbocycles. The molecule has 2 aromatic heterocycles. The molecule has 5 nitrogen and oxygen atoms in total. The Bertz CT molecular complexity index is 896. The van der Waals surface area contributed by atoms with Crippen molar-refractivity contribution in [3.63, 3.8) is 0 Å². The number of hydrogen-bond acceptors (Lipinski definition) is 4. The molecule has 3 N–H and O–H groups in total. The van der Waals surface area contributed by atoms with Crippen LogP contribution in [0.15, 0.2) is 48.0 Å². The van der Waals surface area contributed by atoms with Gasteiger partial charge in [-0.2, -0.15) is 0 Å². The van der Waals surface area contributed by atoms with E-state index in [-0.39, 0.29) is 42.7 Å². The first-order chi connectivity index (χ1) is 12.1. The number of aromatic nitrogens is 2. The number of carbonyl (C=O) groups is 1. The second kappa shape index (κ2) is 8.89. The summed E-state index contributed by atoms with van der Waals surface area (Å²) in [7, 11) is 0. The van der Waals surface area contributed by atoms with Crippen LogP contribution in [-0.4, -0.2) is 39.9 Å². The van der Waals surface area contributed by atoms with Gasteiger partial charge in [0, 0.05) is 42.2 Å². The molecule has 2 atom stereocenters. The fourth-order valence-electron chi connectivity index (χ4n) is 3.38. The molecule has 1 aromatic carbocycles. The summed E-state index contributed by atoms with van der Waals surface area (Å²) in [6.45, 7) is 3.19. The van der Waals surface area contributed by atoms with Gasteiger partial charge in [0.2, 0.25) is 0 Å². The van der Waals surface area contributed by atoms with Crippen LogP contribution in [0, 0.1) is 6.92 Å². The summed E-state index contributed by atoms with van der Waals surface area (Å²) in [5.74, 6) is 0.174. The quantitative estimate of drug-likeness (QED) is 0.669. The summed E-state index contributed by atoms with van der Waals surface area (Å²) in [6, 6.07) is 12.0. The molecule has 1 amide bonds. The number of carbonyl (C=O) groups excluding carboxylic acids is 1. The van der Waals surface area contributed by atoms with Crippen molar-refractivity contribution in [1.29, 1.82) is 0 Å². The van der Waals surface area contributed by atoms with Crippen LogP contribution in [0.4, 0.5) is 0 Å². The van der Waals surface area contributed by atoms with E-state index >= 15 is 0 Å². The normalized spacial score (nSPS) is 18.7. The van der Waals surface area contributed by atoms with Crippen molar-refractivity contribution in [2.24, 2.45) is 5.73 Å². The van der Waals surface area contributed by atoms with E-state index in [2.05, 4.69) is 22.1 Å². The number of likely N-dealkylation sites (tertiary alicyclic amines) is 1. The van der Waals surface area contributed by atoms with E-state index in [4.69, 9.17) is 5.73 Å². The lowest BCUT2D eigenvalue weighted by Crippen LogP contribution is -2.32. The number of aromatic amines is 1. The number of amides is 1. The van der Waals surface area contributed by atoms with Gasteiger partial charge in [0.1, 0.15) is 5.69 Å². The Kier molecular flexibility index (Phi) is 7.06. The van der Waals surface area contributed by atoms with Crippen LogP contribution in [0.1, 0.15) is 27.0 Å². The van der Waals surface area contributed by atoms with E-state index < -0.39 is 0 Å². The van der Waals surface area contributed by atoms with Crippen molar-refractivity contribution in [2.75, 3.05) is 13.1 Å². The number of nitrogens with one attached hydrogen (secondary N) is 1. The maximum absolute atomic E-state index is 12.8. The zero-order chi connectivity index (χ0) is 17.4. The van der Waals surface area contributed by atoms with Gasteiger partial charge in [-0.1, -0.05) is 30.3 Å². The van der Waals surface area contributed by atoms with Gasteiger partial charge in [0.05, 0.1) is 10.7 Å². The molecule has 0 radical (unpaired) electrons. The highest BCUT2D eigenvalue weighted by Gasteiger charge is 2.34. The Morgan fingerprint density at radius 2 is 2.00 bits per heavy atom. The minimum atomic E-state index is -0.0398. The van der Waals surface area contributed by atoms with E-state index in [1.165, 1.54) is 5.56 Å². The summed E-state index contributed by atoms with van der Waals surface area (Å²) in [6.07, 6.45) is 1.84. The average Bonchev–Trinajstić information content (AvgIpc) is 3.34. The number of nitrogens with two attached hydrogens (primary N) is 1. The molecule has 1 aliphatic heterocycles. The second-order valence-electron chi connectivity index (χ2n) is 6.44. The number of H-pyrrole nitrogens is 1. The SMILES string of the molecule is Cc1nc(-c2c[nH]c(C(=O)N3C[C@@H](N)[C@H](c4ccccc4)C3)c2)cs1.Cl.Cl. The lowest BCUT2D eigenvalue weighted by molar-refractivity contribution is 0.0784. The zero-order valence-electron chi connectivity index (χ0n) is 14.8. The molecule has 27 heavy (non-hydrogen) atoms. The summed E-state index contributed by atoms with van der Waals surface area (Å²) in [5, 5.41) is 3.02. The predicted octanol–water partition coefficient (Wildman–Crippen LogP) is 3.86. The zero-order valence-corrected chi connectivity index (χ0v) is 17.2. The second-order valence-corrected chi connectivity index (χ2v) is 7.51. The Labute approximate surface area is 174 Å². The van der Waals surface area contributed by atoms with Crippen LogP contribution < -0.4 is 5.73 Å². The van der Waals surface area contributed by atoms with Crippen LogP contribution in [0.5, 0.6) is 0 Å². The largest absolute Gasteiger partial charge is 0.357 e. The number of benzene rings is 1. The average molecular weight is 425 g/mol. The van der Waals surface area contributed by atoms with Gasteiger partial charge in [-0.25, -0.2) is 4.98 Å². The highest BCUT2D eigenvalue weighted by atomic mass is 35.5. The molecule has 8 heteroatoms. The van der Waals surface area contributed by atoms with Crippen molar-refractivity contribution in [1.82, 2.24) is 14.9 Å². The Balaban J connectivity index is 0.00000131. The third-order valence-corrected chi connectivity index (χ3v) is 5.48. The fourth-order valence-corrected chi connectivity index (χ4v) is 4.00. The van der Waals surface area contributed by atoms with Gasteiger partial charge >= 0.3 is 0 Å². The fraction of sp³-hybridized carbons (Fsp3) is 0.263. The summed E-state index contributed by atoms with van der Waals surface area (Å²) in [5.41, 5.74) is 9.92. The first-order valence-electron chi connectivity index (χ1n) is 8.32. The molecule has 1 fully saturated rings. The third kappa shape index (κ3) is 4.35. The van der Waals surface area contributed by atoms with Crippen molar-refractivity contribution < 1.29 is 4.79 Å². The van der Waals surface area contributed by atoms with E-state index in [0.29, 0.717) is 18.8 Å². The first-order valence-corrected chi connectivity index (χ1v) is 9.20. The first kappa shape index (κ1) is 21.4. The number of nitrogens with zero attached hydrogens (tertiary/aromatic N) is 2. The van der Waals surface area contributed by atoms with Crippen LogP contribution >= 0.6 is 36.2 Å². The molecule has 4 rings (SSSR count). The summed E-state index contributed by atoms with van der Waals surface area (Å²) >= 11 is 1.60. The van der Waals surface area contributed by atoms with Crippen molar-refractivity contribution in [3.8, 4) is 11.3 Å². The molecular formula is C19H22Cl2N4OS. The number of hydrogen-bond donors (Lipinski definition) is 2. The topological polar surface area (TPSA) is 75.0 Å². The van der Waals surface area contributed by atoms with E-state index in [9.17, 15) is 4.79 Å². The minimum Gasteiger partial charge on any atom is -0.357 e. The number of aryl methyl sites for hydroxylation is 1. The van der Waals surface area contributed by atoms with Crippen LogP contribution in [0.2, 0.25) is 0 Å². The predicted molar refractivity (Wildman–Crippen MR) is 114 cm³/mol. The van der Waals surface area contributed by atoms with Crippen molar-refractivity contribution >= 4 is 42.1 Å². The lowest BCUT2D eigenvalue weighted by atomic mass is 9.95. The number of thiazole rings is 1. The van der Waals surface area contributed by atoms with Gasteiger partial charge in [-0.3, -0.25) is 4.79 Å². The highest BCUT2D eigenvalue weighted by Crippen LogP contribution is 2.28. The maximum Gasteiger partial charge on any atom is 0.270 e. The lowest BCUT2D eigenvalue weighted by Gasteiger charge is -2.15. The molecule has 0 aliphatic carbocycles. The van der Waals surface area contributed by atoms with E-state index in [1.54, 1.807) is 11.3 Å². The van der Waals surface area contributed by atoms with Crippen LogP contribution in [0.25, 0.3) is 11.3 Å². The summed E-state index contributed by atoms with van der Waals surface area (Å²) in [4.78, 5) is 22.2. The van der Waals surface area contributed by atoms with Crippen molar-refractivity contribution in [3.05, 3.63) is 64.2 Å². The standard InChI is InChI=1S/C19H20N4OS.2ClH/c1-12-22-18(11-25-12)14-7-17(21-8-14)19(24)23-9-15(16(20)10-23)13-5-3-2-4-6-13;;/h2-8,11,15-16,21H,9-10,20H2,1H3;2*1H/t15-,16+;;/m0../s1. The Morgan fingerprint density at radius 1 is 1.26 bits per heavy atom. The van der Waals surface area contributed by atoms with Crippen LogP contribution in [-0.2, 0) is 0 Å². The molecule has 0 spiro atoms. The molecular weight excluding hydrogens is 403 g/mol. The van der Waals surface area contributed by atoms with Gasteiger partial charge in [0.15, 0.2) is 0 Å². The van der Waals surface area contributed by atoms with Gasteiger partial charge in [0.25, 0.3) is 5.91 Å². The minimum absolute atomic E-state index is 0. The number of rotatable bonds is 3. The monoisotopic (exact) mass is 424 g/mol. The molecule has 0 bridgehead atoms. The smallest absolute Gasteiger partial charge is 0.270 e. The van der Waals surface area contributed by atoms with Gasteiger partial charge < -0.3 is 15.6 Å².